The van der Waals surface area contributed by atoms with Gasteiger partial charge in [0.1, 0.15) is 5.69 Å². The van der Waals surface area contributed by atoms with Gasteiger partial charge in [0.25, 0.3) is 11.6 Å². The lowest BCUT2D eigenvalue weighted by Crippen LogP contribution is -2.44. The van der Waals surface area contributed by atoms with Crippen LogP contribution in [0, 0.1) is 10.1 Å². The van der Waals surface area contributed by atoms with Gasteiger partial charge in [0.05, 0.1) is 4.92 Å². The maximum Gasteiger partial charge on any atom is 0.293 e. The second-order valence-electron chi connectivity index (χ2n) is 6.25. The molecule has 0 saturated carbocycles. The van der Waals surface area contributed by atoms with Crippen LogP contribution in [0.5, 0.6) is 0 Å². The summed E-state index contributed by atoms with van der Waals surface area (Å²) in [5, 5.41) is 11.5. The van der Waals surface area contributed by atoms with E-state index < -0.39 is 0 Å². The first kappa shape index (κ1) is 15.7. The number of piperazine rings is 1. The molecule has 1 aromatic rings. The van der Waals surface area contributed by atoms with E-state index in [1.807, 2.05) is 11.9 Å². The average Bonchev–Trinajstić information content (AvgIpc) is 3.09. The minimum Gasteiger partial charge on any atom is -0.363 e. The molecule has 124 valence electrons. The second-order valence-corrected chi connectivity index (χ2v) is 6.25. The number of nitro benzene ring substituents is 1. The number of hydrogen-bond donors (Lipinski definition) is 0. The van der Waals surface area contributed by atoms with E-state index in [9.17, 15) is 14.9 Å². The Bertz CT molecular complexity index is 605. The molecule has 7 heteroatoms. The van der Waals surface area contributed by atoms with Crippen molar-refractivity contribution < 1.29 is 9.72 Å². The van der Waals surface area contributed by atoms with E-state index in [-0.39, 0.29) is 16.5 Å². The molecule has 0 N–H and O–H groups in total. The summed E-state index contributed by atoms with van der Waals surface area (Å²) in [5.74, 6) is -0.101. The fraction of sp³-hybridized carbons (Fsp3) is 0.562. The summed E-state index contributed by atoms with van der Waals surface area (Å²) in [6.07, 6.45) is 2.01. The Morgan fingerprint density at radius 3 is 2.35 bits per heavy atom. The van der Waals surface area contributed by atoms with Crippen molar-refractivity contribution in [2.24, 2.45) is 0 Å². The first-order valence-corrected chi connectivity index (χ1v) is 8.07. The first-order chi connectivity index (χ1) is 11.1. The molecule has 1 amide bonds. The average molecular weight is 318 g/mol. The topological polar surface area (TPSA) is 69.9 Å². The number of rotatable bonds is 3. The third-order valence-electron chi connectivity index (χ3n) is 4.66. The van der Waals surface area contributed by atoms with Crippen molar-refractivity contribution in [2.75, 3.05) is 51.2 Å². The van der Waals surface area contributed by atoms with Crippen LogP contribution in [0.25, 0.3) is 0 Å². The number of amides is 1. The summed E-state index contributed by atoms with van der Waals surface area (Å²) in [6.45, 7) is 4.77. The Kier molecular flexibility index (Phi) is 4.47. The van der Waals surface area contributed by atoms with Crippen LogP contribution in [-0.4, -0.2) is 66.9 Å². The minimum absolute atomic E-state index is 0.0274. The van der Waals surface area contributed by atoms with Gasteiger partial charge in [0.2, 0.25) is 0 Å². The zero-order valence-electron chi connectivity index (χ0n) is 13.4. The van der Waals surface area contributed by atoms with Gasteiger partial charge in [0.15, 0.2) is 0 Å². The number of carbonyl (C=O) groups excluding carboxylic acids is 1. The van der Waals surface area contributed by atoms with Crippen molar-refractivity contribution in [2.45, 2.75) is 12.8 Å². The Morgan fingerprint density at radius 2 is 1.74 bits per heavy atom. The number of benzene rings is 1. The summed E-state index contributed by atoms with van der Waals surface area (Å²) < 4.78 is 0. The van der Waals surface area contributed by atoms with Gasteiger partial charge in [-0.1, -0.05) is 0 Å². The van der Waals surface area contributed by atoms with E-state index in [1.165, 1.54) is 6.07 Å². The van der Waals surface area contributed by atoms with Crippen LogP contribution in [-0.2, 0) is 0 Å². The predicted molar refractivity (Wildman–Crippen MR) is 87.9 cm³/mol. The molecule has 0 spiro atoms. The van der Waals surface area contributed by atoms with E-state index in [2.05, 4.69) is 4.90 Å². The Hall–Kier alpha value is -2.15. The Labute approximate surface area is 135 Å². The highest BCUT2D eigenvalue weighted by atomic mass is 16.6. The summed E-state index contributed by atoms with van der Waals surface area (Å²) in [5.41, 5.74) is 1.05. The highest BCUT2D eigenvalue weighted by Crippen LogP contribution is 2.30. The van der Waals surface area contributed by atoms with Gasteiger partial charge in [-0.3, -0.25) is 14.9 Å². The molecule has 2 fully saturated rings. The number of carbonyl (C=O) groups is 1. The minimum atomic E-state index is -0.381. The Balaban J connectivity index is 1.86. The standard InChI is InChI=1S/C16H22N4O3/c1-17-8-10-18(11-9-17)14-5-4-13(12-15(14)20(22)23)16(21)19-6-2-3-7-19/h4-5,12H,2-3,6-11H2,1H3. The van der Waals surface area contributed by atoms with Crippen molar-refractivity contribution in [3.05, 3.63) is 33.9 Å². The quantitative estimate of drug-likeness (QED) is 0.625. The van der Waals surface area contributed by atoms with Crippen molar-refractivity contribution >= 4 is 17.3 Å². The van der Waals surface area contributed by atoms with E-state index in [0.29, 0.717) is 11.3 Å². The number of hydrogen-bond acceptors (Lipinski definition) is 5. The molecule has 2 saturated heterocycles. The molecule has 0 radical (unpaired) electrons. The molecular weight excluding hydrogens is 296 g/mol. The van der Waals surface area contributed by atoms with Crippen LogP contribution < -0.4 is 4.90 Å². The zero-order chi connectivity index (χ0) is 16.4. The molecule has 0 aromatic heterocycles. The van der Waals surface area contributed by atoms with Gasteiger partial charge in [-0.2, -0.15) is 0 Å². The van der Waals surface area contributed by atoms with Gasteiger partial charge < -0.3 is 14.7 Å². The van der Waals surface area contributed by atoms with Crippen LogP contribution in [0.2, 0.25) is 0 Å². The molecule has 0 aliphatic carbocycles. The maximum atomic E-state index is 12.4. The maximum absolute atomic E-state index is 12.4. The normalized spacial score (nSPS) is 19.2. The molecule has 0 bridgehead atoms. The first-order valence-electron chi connectivity index (χ1n) is 8.07. The largest absolute Gasteiger partial charge is 0.363 e. The number of nitro groups is 1. The van der Waals surface area contributed by atoms with Crippen LogP contribution in [0.4, 0.5) is 11.4 Å². The molecule has 7 nitrogen and oxygen atoms in total. The number of nitrogens with zero attached hydrogens (tertiary/aromatic N) is 4. The highest BCUT2D eigenvalue weighted by Gasteiger charge is 2.26. The lowest BCUT2D eigenvalue weighted by atomic mass is 10.1. The zero-order valence-corrected chi connectivity index (χ0v) is 13.4. The van der Waals surface area contributed by atoms with Gasteiger partial charge in [0, 0.05) is 50.9 Å². The van der Waals surface area contributed by atoms with Crippen LogP contribution >= 0.6 is 0 Å². The monoisotopic (exact) mass is 318 g/mol. The molecule has 1 aromatic carbocycles. The smallest absolute Gasteiger partial charge is 0.293 e. The molecular formula is C16H22N4O3. The van der Waals surface area contributed by atoms with Gasteiger partial charge in [-0.05, 0) is 32.0 Å². The third-order valence-corrected chi connectivity index (χ3v) is 4.66. The number of likely N-dealkylation sites (N-methyl/N-ethyl adjacent to an activating group) is 1. The van der Waals surface area contributed by atoms with Crippen LogP contribution in [0.15, 0.2) is 18.2 Å². The summed E-state index contributed by atoms with van der Waals surface area (Å²) >= 11 is 0. The molecule has 3 rings (SSSR count). The summed E-state index contributed by atoms with van der Waals surface area (Å²) in [4.78, 5) is 29.5. The molecule has 2 heterocycles. The molecule has 0 atom stereocenters. The third kappa shape index (κ3) is 3.29. The van der Waals surface area contributed by atoms with Crippen molar-refractivity contribution in [1.82, 2.24) is 9.80 Å². The SMILES string of the molecule is CN1CCN(c2ccc(C(=O)N3CCCC3)cc2[N+](=O)[O-])CC1. The number of likely N-dealkylation sites (tertiary alicyclic amines) is 1. The Morgan fingerprint density at radius 1 is 1.09 bits per heavy atom. The van der Waals surface area contributed by atoms with Crippen LogP contribution in [0.3, 0.4) is 0 Å². The van der Waals surface area contributed by atoms with Gasteiger partial charge in [-0.15, -0.1) is 0 Å². The molecule has 2 aliphatic heterocycles. The van der Waals surface area contributed by atoms with Crippen molar-refractivity contribution in [3.8, 4) is 0 Å². The van der Waals surface area contributed by atoms with E-state index in [4.69, 9.17) is 0 Å². The molecule has 23 heavy (non-hydrogen) atoms. The lowest BCUT2D eigenvalue weighted by Gasteiger charge is -2.33. The van der Waals surface area contributed by atoms with Crippen molar-refractivity contribution in [1.29, 1.82) is 0 Å². The fourth-order valence-corrected chi connectivity index (χ4v) is 3.22. The fourth-order valence-electron chi connectivity index (χ4n) is 3.22. The van der Waals surface area contributed by atoms with E-state index in [1.54, 1.807) is 17.0 Å². The highest BCUT2D eigenvalue weighted by molar-refractivity contribution is 5.96. The molecule has 0 unspecified atom stereocenters. The predicted octanol–water partition coefficient (Wildman–Crippen LogP) is 1.58. The van der Waals surface area contributed by atoms with Gasteiger partial charge in [-0.25, -0.2) is 0 Å². The second kappa shape index (κ2) is 6.54. The number of anilines is 1. The van der Waals surface area contributed by atoms with Crippen LogP contribution in [0.1, 0.15) is 23.2 Å². The van der Waals surface area contributed by atoms with Gasteiger partial charge >= 0.3 is 0 Å². The van der Waals surface area contributed by atoms with Crippen molar-refractivity contribution in [3.63, 3.8) is 0 Å². The summed E-state index contributed by atoms with van der Waals surface area (Å²) in [6, 6.07) is 4.89. The van der Waals surface area contributed by atoms with E-state index >= 15 is 0 Å². The molecule has 2 aliphatic rings. The lowest BCUT2D eigenvalue weighted by molar-refractivity contribution is -0.384. The summed E-state index contributed by atoms with van der Waals surface area (Å²) in [7, 11) is 2.05. The van der Waals surface area contributed by atoms with E-state index in [0.717, 1.165) is 52.1 Å².